The van der Waals surface area contributed by atoms with E-state index >= 15 is 0 Å². The molecule has 0 fully saturated rings. The molecular formula is C19H15BrClFN2O4S. The Balaban J connectivity index is 1.93. The quantitative estimate of drug-likeness (QED) is 0.660. The predicted octanol–water partition coefficient (Wildman–Crippen LogP) is 4.71. The second-order valence-electron chi connectivity index (χ2n) is 6.43. The van der Waals surface area contributed by atoms with E-state index in [1.165, 1.54) is 53.6 Å². The minimum absolute atomic E-state index is 0.0185. The Hall–Kier alpha value is -2.23. The summed E-state index contributed by atoms with van der Waals surface area (Å²) < 4.78 is 37.4. The Morgan fingerprint density at radius 3 is 2.55 bits per heavy atom. The van der Waals surface area contributed by atoms with Gasteiger partial charge in [-0.15, -0.1) is 0 Å². The molecule has 1 N–H and O–H groups in total. The van der Waals surface area contributed by atoms with Gasteiger partial charge in [-0.25, -0.2) is 17.6 Å². The van der Waals surface area contributed by atoms with Gasteiger partial charge in [0, 0.05) is 23.3 Å². The summed E-state index contributed by atoms with van der Waals surface area (Å²) in [7, 11) is -3.61. The largest absolute Gasteiger partial charge is 0.326 e. The summed E-state index contributed by atoms with van der Waals surface area (Å²) in [6.07, 6.45) is 3.66. The SMILES string of the molecule is CS(=O)(=O)c1cc(NC(=O)N2C=CC(=O)CC2c2ccc(F)cc2)c(Br)cc1Cl. The minimum Gasteiger partial charge on any atom is -0.306 e. The second-order valence-corrected chi connectivity index (χ2v) is 9.67. The molecule has 1 unspecified atom stereocenters. The van der Waals surface area contributed by atoms with E-state index in [0.29, 0.717) is 10.0 Å². The van der Waals surface area contributed by atoms with Gasteiger partial charge in [0.2, 0.25) is 0 Å². The number of allylic oxidation sites excluding steroid dienone is 1. The van der Waals surface area contributed by atoms with E-state index < -0.39 is 27.7 Å². The molecule has 2 aromatic carbocycles. The van der Waals surface area contributed by atoms with Crippen LogP contribution in [0.4, 0.5) is 14.9 Å². The van der Waals surface area contributed by atoms with Crippen LogP contribution in [-0.2, 0) is 14.6 Å². The number of nitrogens with one attached hydrogen (secondary N) is 1. The molecule has 1 atom stereocenters. The number of urea groups is 1. The van der Waals surface area contributed by atoms with Crippen molar-refractivity contribution in [1.29, 1.82) is 0 Å². The molecule has 0 radical (unpaired) electrons. The number of benzene rings is 2. The molecule has 10 heteroatoms. The van der Waals surface area contributed by atoms with Gasteiger partial charge < -0.3 is 5.32 Å². The fourth-order valence-corrected chi connectivity index (χ4v) is 4.79. The lowest BCUT2D eigenvalue weighted by Gasteiger charge is -2.31. The number of sulfone groups is 1. The van der Waals surface area contributed by atoms with Crippen LogP contribution in [0.1, 0.15) is 18.0 Å². The van der Waals surface area contributed by atoms with Crippen molar-refractivity contribution < 1.29 is 22.4 Å². The topological polar surface area (TPSA) is 83.6 Å². The molecule has 152 valence electrons. The van der Waals surface area contributed by atoms with Gasteiger partial charge in [0.1, 0.15) is 5.82 Å². The van der Waals surface area contributed by atoms with Crippen LogP contribution >= 0.6 is 27.5 Å². The molecule has 2 aromatic rings. The van der Waals surface area contributed by atoms with Gasteiger partial charge in [-0.2, -0.15) is 0 Å². The van der Waals surface area contributed by atoms with E-state index in [-0.39, 0.29) is 27.8 Å². The number of ketones is 1. The molecule has 0 aromatic heterocycles. The van der Waals surface area contributed by atoms with Crippen molar-refractivity contribution in [3.05, 3.63) is 69.6 Å². The highest BCUT2D eigenvalue weighted by Crippen LogP contribution is 2.34. The van der Waals surface area contributed by atoms with Gasteiger partial charge in [0.15, 0.2) is 15.6 Å². The zero-order chi connectivity index (χ0) is 21.3. The lowest BCUT2D eigenvalue weighted by atomic mass is 9.97. The zero-order valence-corrected chi connectivity index (χ0v) is 18.2. The minimum atomic E-state index is -3.61. The molecule has 0 saturated carbocycles. The van der Waals surface area contributed by atoms with Crippen LogP contribution in [0.2, 0.25) is 5.02 Å². The normalized spacial score (nSPS) is 16.8. The number of nitrogens with zero attached hydrogens (tertiary/aromatic N) is 1. The van der Waals surface area contributed by atoms with Crippen molar-refractivity contribution in [1.82, 2.24) is 4.90 Å². The van der Waals surface area contributed by atoms with Crippen LogP contribution in [0.3, 0.4) is 0 Å². The van der Waals surface area contributed by atoms with Crippen molar-refractivity contribution in [2.45, 2.75) is 17.4 Å². The Morgan fingerprint density at radius 2 is 1.93 bits per heavy atom. The third kappa shape index (κ3) is 4.85. The van der Waals surface area contributed by atoms with E-state index in [2.05, 4.69) is 21.2 Å². The molecule has 0 spiro atoms. The molecule has 0 bridgehead atoms. The highest BCUT2D eigenvalue weighted by Gasteiger charge is 2.29. The molecule has 1 aliphatic heterocycles. The first kappa shape index (κ1) is 21.5. The van der Waals surface area contributed by atoms with Gasteiger partial charge in [-0.05, 0) is 51.8 Å². The molecule has 0 saturated heterocycles. The van der Waals surface area contributed by atoms with E-state index in [9.17, 15) is 22.4 Å². The van der Waals surface area contributed by atoms with Crippen LogP contribution in [0.15, 0.2) is 58.0 Å². The molecule has 6 nitrogen and oxygen atoms in total. The number of carbonyl (C=O) groups is 2. The van der Waals surface area contributed by atoms with E-state index in [4.69, 9.17) is 11.6 Å². The molecule has 3 rings (SSSR count). The second kappa shape index (κ2) is 8.25. The molecule has 1 aliphatic rings. The van der Waals surface area contributed by atoms with Crippen molar-refractivity contribution in [2.24, 2.45) is 0 Å². The number of amides is 2. The van der Waals surface area contributed by atoms with Crippen molar-refractivity contribution in [3.63, 3.8) is 0 Å². The summed E-state index contributed by atoms with van der Waals surface area (Å²) in [6.45, 7) is 0. The maximum atomic E-state index is 13.2. The number of carbonyl (C=O) groups excluding carboxylic acids is 2. The summed E-state index contributed by atoms with van der Waals surface area (Å²) in [5, 5.41) is 2.64. The maximum absolute atomic E-state index is 13.2. The third-order valence-electron chi connectivity index (χ3n) is 4.30. The standard InChI is InChI=1S/C19H15BrClFN2O4S/c1-29(27,28)18-10-16(14(20)9-15(18)21)23-19(26)24-7-6-13(25)8-17(24)11-2-4-12(22)5-3-11/h2-7,9-10,17H,8H2,1H3,(H,23,26). The van der Waals surface area contributed by atoms with Gasteiger partial charge >= 0.3 is 6.03 Å². The average molecular weight is 502 g/mol. The summed E-state index contributed by atoms with van der Waals surface area (Å²) in [4.78, 5) is 26.0. The fraction of sp³-hybridized carbons (Fsp3) is 0.158. The Kier molecular flexibility index (Phi) is 6.11. The maximum Gasteiger partial charge on any atom is 0.326 e. The predicted molar refractivity (Wildman–Crippen MR) is 111 cm³/mol. The van der Waals surface area contributed by atoms with Gasteiger partial charge in [-0.1, -0.05) is 23.7 Å². The molecule has 2 amide bonds. The highest BCUT2D eigenvalue weighted by molar-refractivity contribution is 9.10. The monoisotopic (exact) mass is 500 g/mol. The van der Waals surface area contributed by atoms with Crippen molar-refractivity contribution in [3.8, 4) is 0 Å². The number of rotatable bonds is 3. The number of hydrogen-bond acceptors (Lipinski definition) is 4. The molecule has 1 heterocycles. The van der Waals surface area contributed by atoms with Crippen molar-refractivity contribution >= 4 is 54.9 Å². The third-order valence-corrected chi connectivity index (χ3v) is 6.52. The lowest BCUT2D eigenvalue weighted by Crippen LogP contribution is -2.37. The van der Waals surface area contributed by atoms with E-state index in [1.54, 1.807) is 0 Å². The van der Waals surface area contributed by atoms with Crippen LogP contribution in [0.5, 0.6) is 0 Å². The van der Waals surface area contributed by atoms with E-state index in [1.807, 2.05) is 0 Å². The number of anilines is 1. The first-order valence-corrected chi connectivity index (χ1v) is 11.4. The number of halogens is 3. The van der Waals surface area contributed by atoms with Gasteiger partial charge in [0.25, 0.3) is 0 Å². The lowest BCUT2D eigenvalue weighted by molar-refractivity contribution is -0.116. The average Bonchev–Trinajstić information content (AvgIpc) is 2.63. The number of hydrogen-bond donors (Lipinski definition) is 1. The van der Waals surface area contributed by atoms with Crippen LogP contribution in [0, 0.1) is 5.82 Å². The molecular weight excluding hydrogens is 487 g/mol. The Bertz CT molecular complexity index is 1120. The summed E-state index contributed by atoms with van der Waals surface area (Å²) in [6, 6.07) is 6.93. The van der Waals surface area contributed by atoms with Gasteiger partial charge in [-0.3, -0.25) is 9.69 Å². The summed E-state index contributed by atoms with van der Waals surface area (Å²) in [5.41, 5.74) is 0.786. The Morgan fingerprint density at radius 1 is 1.28 bits per heavy atom. The first-order valence-electron chi connectivity index (χ1n) is 8.31. The van der Waals surface area contributed by atoms with Crippen LogP contribution in [0.25, 0.3) is 0 Å². The first-order chi connectivity index (χ1) is 13.6. The smallest absolute Gasteiger partial charge is 0.306 e. The summed E-state index contributed by atoms with van der Waals surface area (Å²) in [5.74, 6) is -0.601. The fourth-order valence-electron chi connectivity index (χ4n) is 2.89. The van der Waals surface area contributed by atoms with Crippen LogP contribution < -0.4 is 5.32 Å². The highest BCUT2D eigenvalue weighted by atomic mass is 79.9. The molecule has 29 heavy (non-hydrogen) atoms. The Labute approximate surface area is 180 Å². The molecule has 0 aliphatic carbocycles. The van der Waals surface area contributed by atoms with Crippen LogP contribution in [-0.4, -0.2) is 31.4 Å². The zero-order valence-electron chi connectivity index (χ0n) is 15.0. The van der Waals surface area contributed by atoms with Gasteiger partial charge in [0.05, 0.1) is 21.6 Å². The van der Waals surface area contributed by atoms with E-state index in [0.717, 1.165) is 6.26 Å². The summed E-state index contributed by atoms with van der Waals surface area (Å²) >= 11 is 9.24. The van der Waals surface area contributed by atoms with Crippen molar-refractivity contribution in [2.75, 3.05) is 11.6 Å².